The van der Waals surface area contributed by atoms with Crippen LogP contribution < -0.4 is 11.2 Å². The van der Waals surface area contributed by atoms with Crippen molar-refractivity contribution >= 4 is 16.9 Å². The van der Waals surface area contributed by atoms with Gasteiger partial charge in [-0.1, -0.05) is 12.1 Å². The lowest BCUT2D eigenvalue weighted by atomic mass is 9.88. The lowest BCUT2D eigenvalue weighted by Crippen LogP contribution is -2.55. The van der Waals surface area contributed by atoms with Gasteiger partial charge in [-0.15, -0.1) is 0 Å². The number of alkyl halides is 3. The van der Waals surface area contributed by atoms with Crippen LogP contribution in [0.3, 0.4) is 0 Å². The Kier molecular flexibility index (Phi) is 5.43. The first kappa shape index (κ1) is 22.8. The first-order valence-corrected chi connectivity index (χ1v) is 10.2. The summed E-state index contributed by atoms with van der Waals surface area (Å²) in [6.07, 6.45) is -3.36. The number of fused-ring (bicyclic) bond motifs is 1. The largest absolute Gasteiger partial charge is 0.449 e. The number of nitrogens with one attached hydrogen (secondary N) is 1. The second-order valence-corrected chi connectivity index (χ2v) is 8.45. The minimum Gasteiger partial charge on any atom is -0.388 e. The molecule has 1 aliphatic rings. The number of likely N-dealkylation sites (tertiary alicyclic amines) is 1. The van der Waals surface area contributed by atoms with Crippen molar-refractivity contribution in [2.45, 2.75) is 44.6 Å². The number of piperidine rings is 1. The van der Waals surface area contributed by atoms with Gasteiger partial charge < -0.3 is 14.6 Å². The number of carbonyl (C=O) groups excluding carboxylic acids is 1. The van der Waals surface area contributed by atoms with Crippen molar-refractivity contribution in [3.63, 3.8) is 0 Å². The number of halogens is 3. The molecule has 1 aliphatic heterocycles. The molecule has 2 N–H and O–H groups in total. The number of carbonyl (C=O) groups is 1. The minimum absolute atomic E-state index is 0.0881. The number of hydrogen-bond acceptors (Lipinski definition) is 5. The van der Waals surface area contributed by atoms with E-state index in [0.717, 1.165) is 9.13 Å². The molecule has 3 aromatic rings. The second kappa shape index (κ2) is 7.87. The Morgan fingerprint density at radius 2 is 2.00 bits per heavy atom. The number of para-hydroxylation sites is 2. The van der Waals surface area contributed by atoms with Gasteiger partial charge in [-0.2, -0.15) is 13.2 Å². The van der Waals surface area contributed by atoms with Gasteiger partial charge in [0.05, 0.1) is 22.7 Å². The van der Waals surface area contributed by atoms with Crippen LogP contribution in [-0.2, 0) is 17.5 Å². The van der Waals surface area contributed by atoms with E-state index in [4.69, 9.17) is 0 Å². The fourth-order valence-electron chi connectivity index (χ4n) is 4.14. The number of hydrogen-bond donors (Lipinski definition) is 2. The number of aryl methyl sites for hydroxylation is 1. The topological polar surface area (TPSA) is 113 Å². The first-order chi connectivity index (χ1) is 15.4. The number of benzene rings is 1. The Balaban J connectivity index is 1.66. The minimum atomic E-state index is -4.76. The van der Waals surface area contributed by atoms with Crippen molar-refractivity contribution in [2.75, 3.05) is 13.1 Å². The summed E-state index contributed by atoms with van der Waals surface area (Å²) in [6, 6.07) is 5.11. The Labute approximate surface area is 185 Å². The summed E-state index contributed by atoms with van der Waals surface area (Å²) in [7, 11) is 0. The van der Waals surface area contributed by atoms with Crippen molar-refractivity contribution in [1.29, 1.82) is 0 Å². The summed E-state index contributed by atoms with van der Waals surface area (Å²) in [4.78, 5) is 44.3. The van der Waals surface area contributed by atoms with E-state index in [2.05, 4.69) is 9.97 Å². The smallest absolute Gasteiger partial charge is 0.388 e. The number of aromatic nitrogens is 4. The van der Waals surface area contributed by atoms with Gasteiger partial charge in [-0.3, -0.25) is 19.1 Å². The van der Waals surface area contributed by atoms with Crippen LogP contribution in [-0.4, -0.2) is 53.7 Å². The third-order valence-electron chi connectivity index (χ3n) is 6.03. The molecule has 1 amide bonds. The first-order valence-electron chi connectivity index (χ1n) is 10.2. The van der Waals surface area contributed by atoms with Gasteiger partial charge in [0.1, 0.15) is 6.54 Å². The summed E-state index contributed by atoms with van der Waals surface area (Å²) < 4.78 is 42.7. The molecule has 0 unspecified atom stereocenters. The van der Waals surface area contributed by atoms with Crippen molar-refractivity contribution in [3.05, 3.63) is 62.7 Å². The van der Waals surface area contributed by atoms with Gasteiger partial charge in [0.15, 0.2) is 0 Å². The van der Waals surface area contributed by atoms with Crippen LogP contribution in [0.1, 0.15) is 30.8 Å². The van der Waals surface area contributed by atoms with Crippen LogP contribution in [0.15, 0.2) is 40.1 Å². The molecule has 33 heavy (non-hydrogen) atoms. The highest BCUT2D eigenvalue weighted by Crippen LogP contribution is 2.33. The fourth-order valence-corrected chi connectivity index (χ4v) is 4.14. The molecule has 2 atom stereocenters. The number of amides is 1. The van der Waals surface area contributed by atoms with Crippen LogP contribution in [0.25, 0.3) is 11.0 Å². The lowest BCUT2D eigenvalue weighted by Gasteiger charge is -2.43. The molecule has 9 nitrogen and oxygen atoms in total. The molecule has 2 aromatic heterocycles. The van der Waals surface area contributed by atoms with Gasteiger partial charge >= 0.3 is 11.9 Å². The van der Waals surface area contributed by atoms with Crippen LogP contribution in [0.2, 0.25) is 0 Å². The molecule has 1 fully saturated rings. The van der Waals surface area contributed by atoms with Gasteiger partial charge in [0.2, 0.25) is 11.7 Å². The SMILES string of the molecule is Cc1cn([C@@H]2CN(C(=O)Cn3c(C(F)(F)F)nc4ccccc43)CC[C@@]2(C)O)c(=O)[nH]c1=O. The molecule has 1 aromatic carbocycles. The lowest BCUT2D eigenvalue weighted by molar-refractivity contribution is -0.148. The Hall–Kier alpha value is -3.41. The molecule has 1 saturated heterocycles. The van der Waals surface area contributed by atoms with Gasteiger partial charge in [-0.05, 0) is 32.4 Å². The number of nitrogens with zero attached hydrogens (tertiary/aromatic N) is 4. The molecule has 0 radical (unpaired) electrons. The average Bonchev–Trinajstić information content (AvgIpc) is 3.10. The number of imidazole rings is 1. The quantitative estimate of drug-likeness (QED) is 0.608. The van der Waals surface area contributed by atoms with Crippen molar-refractivity contribution in [2.24, 2.45) is 0 Å². The average molecular weight is 465 g/mol. The van der Waals surface area contributed by atoms with Crippen LogP contribution in [0.5, 0.6) is 0 Å². The molecule has 0 spiro atoms. The number of aromatic amines is 1. The second-order valence-electron chi connectivity index (χ2n) is 8.45. The van der Waals surface area contributed by atoms with E-state index in [1.165, 1.54) is 37.1 Å². The summed E-state index contributed by atoms with van der Waals surface area (Å²) in [5, 5.41) is 10.9. The van der Waals surface area contributed by atoms with E-state index in [9.17, 15) is 32.7 Å². The zero-order chi connectivity index (χ0) is 24.1. The van der Waals surface area contributed by atoms with Crippen molar-refractivity contribution in [3.8, 4) is 0 Å². The zero-order valence-corrected chi connectivity index (χ0v) is 17.9. The van der Waals surface area contributed by atoms with Crippen molar-refractivity contribution in [1.82, 2.24) is 24.0 Å². The summed E-state index contributed by atoms with van der Waals surface area (Å²) >= 11 is 0. The standard InChI is InChI=1S/C21H22F3N5O4/c1-12-9-29(19(32)26-17(12)31)15-10-27(8-7-20(15,2)33)16(30)11-28-14-6-4-3-5-13(14)25-18(28)21(22,23)24/h3-6,9,15,33H,7-8,10-11H2,1-2H3,(H,26,31,32)/t15-,20-/m1/s1. The predicted octanol–water partition coefficient (Wildman–Crippen LogP) is 1.44. The maximum atomic E-state index is 13.6. The molecule has 12 heteroatoms. The van der Waals surface area contributed by atoms with Crippen LogP contribution in [0, 0.1) is 6.92 Å². The highest BCUT2D eigenvalue weighted by Gasteiger charge is 2.42. The van der Waals surface area contributed by atoms with E-state index in [1.807, 2.05) is 0 Å². The Morgan fingerprint density at radius 1 is 1.30 bits per heavy atom. The normalized spacial score (nSPS) is 21.5. The van der Waals surface area contributed by atoms with E-state index < -0.39 is 47.3 Å². The van der Waals surface area contributed by atoms with Gasteiger partial charge in [-0.25, -0.2) is 9.78 Å². The van der Waals surface area contributed by atoms with Crippen LogP contribution >= 0.6 is 0 Å². The van der Waals surface area contributed by atoms with E-state index >= 15 is 0 Å². The van der Waals surface area contributed by atoms with E-state index in [0.29, 0.717) is 0 Å². The van der Waals surface area contributed by atoms with Gasteiger partial charge in [0.25, 0.3) is 5.56 Å². The molecular weight excluding hydrogens is 443 g/mol. The number of rotatable bonds is 3. The monoisotopic (exact) mass is 465 g/mol. The number of H-pyrrole nitrogens is 1. The van der Waals surface area contributed by atoms with Crippen LogP contribution in [0.4, 0.5) is 13.2 Å². The third kappa shape index (κ3) is 4.17. The maximum absolute atomic E-state index is 13.6. The molecule has 0 bridgehead atoms. The molecule has 4 rings (SSSR count). The van der Waals surface area contributed by atoms with Crippen molar-refractivity contribution < 1.29 is 23.1 Å². The Morgan fingerprint density at radius 3 is 2.70 bits per heavy atom. The summed E-state index contributed by atoms with van der Waals surface area (Å²) in [5.74, 6) is -1.79. The maximum Gasteiger partial charge on any atom is 0.449 e. The molecule has 0 aliphatic carbocycles. The van der Waals surface area contributed by atoms with E-state index in [1.54, 1.807) is 12.1 Å². The van der Waals surface area contributed by atoms with E-state index in [-0.39, 0.29) is 36.1 Å². The number of aliphatic hydroxyl groups is 1. The highest BCUT2D eigenvalue weighted by atomic mass is 19.4. The van der Waals surface area contributed by atoms with Gasteiger partial charge in [0, 0.05) is 24.8 Å². The molecule has 0 saturated carbocycles. The molecule has 3 heterocycles. The fraction of sp³-hybridized carbons (Fsp3) is 0.429. The predicted molar refractivity (Wildman–Crippen MR) is 112 cm³/mol. The zero-order valence-electron chi connectivity index (χ0n) is 17.9. The third-order valence-corrected chi connectivity index (χ3v) is 6.03. The summed E-state index contributed by atoms with van der Waals surface area (Å²) in [6.45, 7) is 2.37. The highest BCUT2D eigenvalue weighted by molar-refractivity contribution is 5.81. The summed E-state index contributed by atoms with van der Waals surface area (Å²) in [5.41, 5.74) is -2.16. The molecular formula is C21H22F3N5O4. The molecule has 176 valence electrons. The Bertz CT molecular complexity index is 1340.